The van der Waals surface area contributed by atoms with Gasteiger partial charge in [-0.25, -0.2) is 0 Å². The summed E-state index contributed by atoms with van der Waals surface area (Å²) in [4.78, 5) is 28.1. The number of benzene rings is 1. The molecule has 1 fully saturated rings. The Balaban J connectivity index is 1.82. The summed E-state index contributed by atoms with van der Waals surface area (Å²) in [5, 5.41) is 3.58. The van der Waals surface area contributed by atoms with Crippen LogP contribution < -0.4 is 5.32 Å². The van der Waals surface area contributed by atoms with Crippen LogP contribution in [0.3, 0.4) is 0 Å². The molecule has 1 atom stereocenters. The second kappa shape index (κ2) is 8.31. The summed E-state index contributed by atoms with van der Waals surface area (Å²) in [6.07, 6.45) is 1.19. The van der Waals surface area contributed by atoms with Crippen molar-refractivity contribution in [1.82, 2.24) is 15.1 Å². The van der Waals surface area contributed by atoms with E-state index in [1.807, 2.05) is 38.4 Å². The first-order chi connectivity index (χ1) is 11.0. The van der Waals surface area contributed by atoms with Crippen LogP contribution >= 0.6 is 11.6 Å². The number of carbonyl (C=O) groups is 2. The zero-order chi connectivity index (χ0) is 16.8. The molecule has 0 bridgehead atoms. The highest BCUT2D eigenvalue weighted by atomic mass is 35.5. The van der Waals surface area contributed by atoms with Gasteiger partial charge in [-0.1, -0.05) is 29.8 Å². The van der Waals surface area contributed by atoms with Gasteiger partial charge in [0.15, 0.2) is 0 Å². The normalized spacial score (nSPS) is 17.8. The fourth-order valence-electron chi connectivity index (χ4n) is 2.68. The van der Waals surface area contributed by atoms with E-state index in [0.29, 0.717) is 24.7 Å². The second-order valence-electron chi connectivity index (χ2n) is 6.21. The van der Waals surface area contributed by atoms with Crippen molar-refractivity contribution in [3.8, 4) is 0 Å². The number of carbonyl (C=O) groups excluding carboxylic acids is 2. The van der Waals surface area contributed by atoms with E-state index in [4.69, 9.17) is 11.6 Å². The molecule has 126 valence electrons. The molecule has 0 radical (unpaired) electrons. The number of nitrogens with one attached hydrogen (secondary N) is 1. The Bertz CT molecular complexity index is 563. The zero-order valence-electron chi connectivity index (χ0n) is 13.7. The van der Waals surface area contributed by atoms with Crippen LogP contribution in [0, 0.1) is 5.92 Å². The van der Waals surface area contributed by atoms with Crippen molar-refractivity contribution in [3.05, 3.63) is 34.9 Å². The standard InChI is InChI=1S/C17H24ClN3O2/c1-20(2)9-5-8-19-17(23)14-10-16(22)21(12-14)11-13-6-3-4-7-15(13)18/h3-4,6-7,14H,5,8-12H2,1-2H3,(H,19,23). The fourth-order valence-corrected chi connectivity index (χ4v) is 2.88. The van der Waals surface area contributed by atoms with Gasteiger partial charge in [-0.05, 0) is 38.7 Å². The summed E-state index contributed by atoms with van der Waals surface area (Å²) < 4.78 is 0. The van der Waals surface area contributed by atoms with Gasteiger partial charge in [-0.2, -0.15) is 0 Å². The lowest BCUT2D eigenvalue weighted by atomic mass is 10.1. The van der Waals surface area contributed by atoms with E-state index in [9.17, 15) is 9.59 Å². The minimum atomic E-state index is -0.260. The molecule has 1 aromatic rings. The van der Waals surface area contributed by atoms with Crippen molar-refractivity contribution in [2.45, 2.75) is 19.4 Å². The van der Waals surface area contributed by atoms with Crippen LogP contribution in [-0.4, -0.2) is 55.3 Å². The van der Waals surface area contributed by atoms with Crippen LogP contribution in [0.2, 0.25) is 5.02 Å². The Morgan fingerprint density at radius 3 is 2.83 bits per heavy atom. The van der Waals surface area contributed by atoms with Crippen molar-refractivity contribution >= 4 is 23.4 Å². The minimum absolute atomic E-state index is 0.0124. The fraction of sp³-hybridized carbons (Fsp3) is 0.529. The molecule has 0 spiro atoms. The maximum atomic E-state index is 12.2. The van der Waals surface area contributed by atoms with Crippen molar-refractivity contribution in [1.29, 1.82) is 0 Å². The van der Waals surface area contributed by atoms with E-state index in [1.165, 1.54) is 0 Å². The number of likely N-dealkylation sites (tertiary alicyclic amines) is 1. The number of hydrogen-bond donors (Lipinski definition) is 1. The summed E-state index contributed by atoms with van der Waals surface area (Å²) in [6.45, 7) is 2.50. The number of nitrogens with zero attached hydrogens (tertiary/aromatic N) is 2. The van der Waals surface area contributed by atoms with E-state index in [2.05, 4.69) is 10.2 Å². The highest BCUT2D eigenvalue weighted by Crippen LogP contribution is 2.23. The van der Waals surface area contributed by atoms with Gasteiger partial charge in [0.25, 0.3) is 0 Å². The van der Waals surface area contributed by atoms with Crippen molar-refractivity contribution < 1.29 is 9.59 Å². The van der Waals surface area contributed by atoms with E-state index in [1.54, 1.807) is 4.90 Å². The Labute approximate surface area is 142 Å². The van der Waals surface area contributed by atoms with Crippen LogP contribution in [0.4, 0.5) is 0 Å². The first-order valence-corrected chi connectivity index (χ1v) is 8.29. The molecule has 23 heavy (non-hydrogen) atoms. The lowest BCUT2D eigenvalue weighted by molar-refractivity contribution is -0.129. The quantitative estimate of drug-likeness (QED) is 0.771. The van der Waals surface area contributed by atoms with Gasteiger partial charge in [0.05, 0.1) is 5.92 Å². The molecule has 0 aromatic heterocycles. The molecular weight excluding hydrogens is 314 g/mol. The average Bonchev–Trinajstić information content (AvgIpc) is 2.87. The number of hydrogen-bond acceptors (Lipinski definition) is 3. The van der Waals surface area contributed by atoms with E-state index in [-0.39, 0.29) is 24.2 Å². The van der Waals surface area contributed by atoms with Crippen LogP contribution in [0.1, 0.15) is 18.4 Å². The van der Waals surface area contributed by atoms with Crippen molar-refractivity contribution in [3.63, 3.8) is 0 Å². The first kappa shape index (κ1) is 17.8. The van der Waals surface area contributed by atoms with E-state index < -0.39 is 0 Å². The zero-order valence-corrected chi connectivity index (χ0v) is 14.5. The van der Waals surface area contributed by atoms with E-state index >= 15 is 0 Å². The third-order valence-electron chi connectivity index (χ3n) is 3.99. The Kier molecular flexibility index (Phi) is 6.42. The smallest absolute Gasteiger partial charge is 0.225 e. The average molecular weight is 338 g/mol. The second-order valence-corrected chi connectivity index (χ2v) is 6.62. The minimum Gasteiger partial charge on any atom is -0.356 e. The van der Waals surface area contributed by atoms with Gasteiger partial charge in [0.1, 0.15) is 0 Å². The summed E-state index contributed by atoms with van der Waals surface area (Å²) in [7, 11) is 4.01. The lowest BCUT2D eigenvalue weighted by Gasteiger charge is -2.17. The molecule has 1 saturated heterocycles. The Hall–Kier alpha value is -1.59. The topological polar surface area (TPSA) is 52.7 Å². The maximum absolute atomic E-state index is 12.2. The number of amides is 2. The monoisotopic (exact) mass is 337 g/mol. The molecular formula is C17H24ClN3O2. The van der Waals surface area contributed by atoms with Gasteiger partial charge in [-0.3, -0.25) is 9.59 Å². The van der Waals surface area contributed by atoms with Crippen LogP contribution in [0.25, 0.3) is 0 Å². The molecule has 0 saturated carbocycles. The Morgan fingerprint density at radius 2 is 2.13 bits per heavy atom. The van der Waals surface area contributed by atoms with Crippen LogP contribution in [-0.2, 0) is 16.1 Å². The number of halogens is 1. The van der Waals surface area contributed by atoms with Gasteiger partial charge in [-0.15, -0.1) is 0 Å². The molecule has 6 heteroatoms. The largest absolute Gasteiger partial charge is 0.356 e. The number of rotatable bonds is 7. The van der Waals surface area contributed by atoms with Gasteiger partial charge in [0.2, 0.25) is 11.8 Å². The van der Waals surface area contributed by atoms with Crippen molar-refractivity contribution in [2.75, 3.05) is 33.7 Å². The predicted octanol–water partition coefficient (Wildman–Crippen LogP) is 1.76. The summed E-state index contributed by atoms with van der Waals surface area (Å²) >= 11 is 6.14. The molecule has 2 amide bonds. The first-order valence-electron chi connectivity index (χ1n) is 7.91. The van der Waals surface area contributed by atoms with Crippen LogP contribution in [0.15, 0.2) is 24.3 Å². The molecule has 2 rings (SSSR count). The van der Waals surface area contributed by atoms with E-state index in [0.717, 1.165) is 18.5 Å². The third-order valence-corrected chi connectivity index (χ3v) is 4.35. The summed E-state index contributed by atoms with van der Waals surface area (Å²) in [6, 6.07) is 7.48. The molecule has 1 unspecified atom stereocenters. The molecule has 1 aromatic carbocycles. The lowest BCUT2D eigenvalue weighted by Crippen LogP contribution is -2.34. The Morgan fingerprint density at radius 1 is 1.39 bits per heavy atom. The molecule has 1 N–H and O–H groups in total. The summed E-state index contributed by atoms with van der Waals surface area (Å²) in [5.74, 6) is -0.276. The summed E-state index contributed by atoms with van der Waals surface area (Å²) in [5.41, 5.74) is 0.912. The van der Waals surface area contributed by atoms with Crippen molar-refractivity contribution in [2.24, 2.45) is 5.92 Å². The molecule has 5 nitrogen and oxygen atoms in total. The SMILES string of the molecule is CN(C)CCCNC(=O)C1CC(=O)N(Cc2ccccc2Cl)C1. The highest BCUT2D eigenvalue weighted by Gasteiger charge is 2.34. The van der Waals surface area contributed by atoms with Gasteiger partial charge >= 0.3 is 0 Å². The molecule has 0 aliphatic carbocycles. The molecule has 1 aliphatic rings. The predicted molar refractivity (Wildman–Crippen MR) is 91.2 cm³/mol. The van der Waals surface area contributed by atoms with Gasteiger partial charge in [0, 0.05) is 31.1 Å². The highest BCUT2D eigenvalue weighted by molar-refractivity contribution is 6.31. The maximum Gasteiger partial charge on any atom is 0.225 e. The van der Waals surface area contributed by atoms with Crippen LogP contribution in [0.5, 0.6) is 0 Å². The van der Waals surface area contributed by atoms with Gasteiger partial charge < -0.3 is 15.1 Å². The molecule has 1 aliphatic heterocycles. The molecule has 1 heterocycles. The third kappa shape index (κ3) is 5.22.